The number of carbonyl (C=O) groups excluding carboxylic acids is 3. The van der Waals surface area contributed by atoms with Crippen LogP contribution in [0.15, 0.2) is 59.7 Å². The molecule has 0 aromatic heterocycles. The van der Waals surface area contributed by atoms with Gasteiger partial charge in [-0.05, 0) is 36.8 Å². The Balaban J connectivity index is 2.52. The molecule has 0 unspecified atom stereocenters. The first kappa shape index (κ1) is 26.5. The molecule has 0 aliphatic carbocycles. The van der Waals surface area contributed by atoms with E-state index in [0.29, 0.717) is 10.5 Å². The van der Waals surface area contributed by atoms with E-state index in [-0.39, 0.29) is 11.4 Å². The number of nitrogens with two attached hydrogens (primary N) is 2. The highest BCUT2D eigenvalue weighted by Crippen LogP contribution is 2.26. The van der Waals surface area contributed by atoms with E-state index in [4.69, 9.17) is 16.7 Å². The minimum atomic E-state index is -2.95. The Morgan fingerprint density at radius 3 is 2.14 bits per heavy atom. The summed E-state index contributed by atoms with van der Waals surface area (Å²) in [4.78, 5) is 62.9. The summed E-state index contributed by atoms with van der Waals surface area (Å²) < 4.78 is 0. The van der Waals surface area contributed by atoms with Crippen LogP contribution in [0.2, 0.25) is 0 Å². The fraction of sp³-hybridized carbons (Fsp3) is 0.182. The number of para-hydroxylation sites is 1. The number of carbonyl (C=O) groups is 5. The smallest absolute Gasteiger partial charge is 0.359 e. The van der Waals surface area contributed by atoms with Gasteiger partial charge in [0.25, 0.3) is 5.66 Å². The number of carboxylic acids is 2. The third-order valence-corrected chi connectivity index (χ3v) is 4.79. The summed E-state index contributed by atoms with van der Waals surface area (Å²) in [7, 11) is 0. The van der Waals surface area contributed by atoms with Gasteiger partial charge in [-0.25, -0.2) is 9.59 Å². The molecule has 0 saturated carbocycles. The van der Waals surface area contributed by atoms with Gasteiger partial charge in [0, 0.05) is 11.4 Å². The number of aliphatic carboxylic acids is 2. The van der Waals surface area contributed by atoms with E-state index in [9.17, 15) is 29.1 Å². The molecule has 3 amide bonds. The third-order valence-electron chi connectivity index (χ3n) is 4.79. The van der Waals surface area contributed by atoms with Gasteiger partial charge in [-0.15, -0.1) is 0 Å². The van der Waals surface area contributed by atoms with Gasteiger partial charge in [0.2, 0.25) is 5.91 Å². The van der Waals surface area contributed by atoms with E-state index in [1.807, 2.05) is 0 Å². The molecule has 13 heteroatoms. The fourth-order valence-electron chi connectivity index (χ4n) is 3.17. The van der Waals surface area contributed by atoms with Crippen LogP contribution in [0.5, 0.6) is 0 Å². The SMILES string of the molecule is CC(=O)[C@@](NC(=O)Nc1ccc(C=NN)cc1)(C(=O)O)N(C(=O)[C@@H](N)CC(=O)O)c1ccccc1. The Labute approximate surface area is 199 Å². The summed E-state index contributed by atoms with van der Waals surface area (Å²) in [5.74, 6) is -0.582. The van der Waals surface area contributed by atoms with Gasteiger partial charge >= 0.3 is 18.0 Å². The molecule has 0 radical (unpaired) electrons. The molecule has 2 aromatic carbocycles. The van der Waals surface area contributed by atoms with Crippen LogP contribution in [0, 0.1) is 0 Å². The largest absolute Gasteiger partial charge is 0.481 e. The monoisotopic (exact) mass is 484 g/mol. The Morgan fingerprint density at radius 2 is 1.66 bits per heavy atom. The predicted molar refractivity (Wildman–Crippen MR) is 126 cm³/mol. The average molecular weight is 484 g/mol. The van der Waals surface area contributed by atoms with E-state index >= 15 is 0 Å². The van der Waals surface area contributed by atoms with Crippen molar-refractivity contribution in [1.29, 1.82) is 0 Å². The summed E-state index contributed by atoms with van der Waals surface area (Å²) in [5.41, 5.74) is 3.50. The predicted octanol–water partition coefficient (Wildman–Crippen LogP) is 0.306. The molecule has 0 heterocycles. The summed E-state index contributed by atoms with van der Waals surface area (Å²) >= 11 is 0. The quantitative estimate of drug-likeness (QED) is 0.0897. The average Bonchev–Trinajstić information content (AvgIpc) is 2.79. The van der Waals surface area contributed by atoms with Crippen molar-refractivity contribution >= 4 is 47.2 Å². The lowest BCUT2D eigenvalue weighted by Crippen LogP contribution is -2.73. The van der Waals surface area contributed by atoms with Crippen molar-refractivity contribution in [2.45, 2.75) is 25.0 Å². The number of anilines is 2. The zero-order valence-electron chi connectivity index (χ0n) is 18.5. The first-order valence-electron chi connectivity index (χ1n) is 10.1. The lowest BCUT2D eigenvalue weighted by molar-refractivity contribution is -0.151. The van der Waals surface area contributed by atoms with Crippen molar-refractivity contribution in [3.8, 4) is 0 Å². The number of urea groups is 1. The molecular formula is C22H24N6O7. The second-order valence-corrected chi connectivity index (χ2v) is 7.26. The summed E-state index contributed by atoms with van der Waals surface area (Å²) in [5, 5.41) is 27.0. The number of Topliss-reactive ketones (excluding diaryl/α,β-unsaturated/α-hetero) is 1. The molecule has 0 spiro atoms. The van der Waals surface area contributed by atoms with Crippen molar-refractivity contribution < 1.29 is 34.2 Å². The number of nitrogens with zero attached hydrogens (tertiary/aromatic N) is 2. The number of nitrogens with one attached hydrogen (secondary N) is 2. The molecule has 0 aliphatic rings. The molecule has 0 fully saturated rings. The fourth-order valence-corrected chi connectivity index (χ4v) is 3.17. The number of hydrazone groups is 1. The standard InChI is InChI=1S/C22H24N6O7/c1-13(29)22(20(33)34,27-21(35)26-15-9-7-14(8-10-15)12-25-24)28(16-5-3-2-4-6-16)19(32)17(23)11-18(30)31/h2-10,12,17H,11,23-24H2,1H3,(H,30,31)(H,33,34)(H2,26,27,35)/t17-,22-/m0/s1. The zero-order valence-corrected chi connectivity index (χ0v) is 18.5. The molecule has 184 valence electrons. The first-order valence-corrected chi connectivity index (χ1v) is 10.1. The van der Waals surface area contributed by atoms with Crippen LogP contribution in [0.1, 0.15) is 18.9 Å². The Bertz CT molecular complexity index is 1120. The molecule has 0 saturated heterocycles. The van der Waals surface area contributed by atoms with Crippen molar-refractivity contribution in [3.63, 3.8) is 0 Å². The van der Waals surface area contributed by atoms with Crippen LogP contribution in [0.25, 0.3) is 0 Å². The lowest BCUT2D eigenvalue weighted by atomic mass is 9.99. The molecular weight excluding hydrogens is 460 g/mol. The Kier molecular flexibility index (Phi) is 8.61. The highest BCUT2D eigenvalue weighted by Gasteiger charge is 2.54. The maximum absolute atomic E-state index is 13.2. The maximum atomic E-state index is 13.2. The topological polar surface area (TPSA) is 218 Å². The molecule has 13 nitrogen and oxygen atoms in total. The van der Waals surface area contributed by atoms with Gasteiger partial charge in [0.05, 0.1) is 18.7 Å². The highest BCUT2D eigenvalue weighted by molar-refractivity contribution is 6.19. The van der Waals surface area contributed by atoms with Crippen LogP contribution in [0.3, 0.4) is 0 Å². The third kappa shape index (κ3) is 6.17. The number of ketones is 1. The molecule has 0 aliphatic heterocycles. The van der Waals surface area contributed by atoms with Gasteiger partial charge in [0.1, 0.15) is 0 Å². The summed E-state index contributed by atoms with van der Waals surface area (Å²) in [6.07, 6.45) is 0.513. The first-order chi connectivity index (χ1) is 16.5. The van der Waals surface area contributed by atoms with Gasteiger partial charge in [0.15, 0.2) is 5.78 Å². The highest BCUT2D eigenvalue weighted by atomic mass is 16.4. The second kappa shape index (κ2) is 11.4. The number of benzene rings is 2. The van der Waals surface area contributed by atoms with Gasteiger partial charge in [-0.2, -0.15) is 5.10 Å². The number of carboxylic acid groups (broad SMARTS) is 2. The van der Waals surface area contributed by atoms with E-state index in [0.717, 1.165) is 6.92 Å². The van der Waals surface area contributed by atoms with Crippen molar-refractivity contribution in [1.82, 2.24) is 5.32 Å². The minimum absolute atomic E-state index is 0.110. The van der Waals surface area contributed by atoms with Gasteiger partial charge in [-0.3, -0.25) is 24.6 Å². The Morgan fingerprint density at radius 1 is 1.06 bits per heavy atom. The number of hydrogen-bond donors (Lipinski definition) is 6. The van der Waals surface area contributed by atoms with Crippen molar-refractivity contribution in [2.24, 2.45) is 16.7 Å². The van der Waals surface area contributed by atoms with Gasteiger partial charge < -0.3 is 27.1 Å². The van der Waals surface area contributed by atoms with Crippen LogP contribution in [0.4, 0.5) is 16.2 Å². The Hall–Kier alpha value is -4.78. The number of hydrogen-bond acceptors (Lipinski definition) is 8. The molecule has 35 heavy (non-hydrogen) atoms. The molecule has 2 aromatic rings. The van der Waals surface area contributed by atoms with E-state index in [1.165, 1.54) is 42.6 Å². The van der Waals surface area contributed by atoms with E-state index in [1.54, 1.807) is 18.2 Å². The molecule has 2 atom stereocenters. The minimum Gasteiger partial charge on any atom is -0.481 e. The summed E-state index contributed by atoms with van der Waals surface area (Å²) in [6, 6.07) is 10.3. The number of amides is 3. The van der Waals surface area contributed by atoms with Crippen LogP contribution < -0.4 is 27.1 Å². The number of rotatable bonds is 10. The molecule has 8 N–H and O–H groups in total. The van der Waals surface area contributed by atoms with Crippen LogP contribution in [-0.2, 0) is 19.2 Å². The zero-order chi connectivity index (χ0) is 26.2. The second-order valence-electron chi connectivity index (χ2n) is 7.26. The van der Waals surface area contributed by atoms with Crippen LogP contribution >= 0.6 is 0 Å². The molecule has 0 bridgehead atoms. The van der Waals surface area contributed by atoms with Crippen molar-refractivity contribution in [2.75, 3.05) is 10.2 Å². The lowest BCUT2D eigenvalue weighted by Gasteiger charge is -2.40. The molecule has 2 rings (SSSR count). The maximum Gasteiger partial charge on any atom is 0.359 e. The van der Waals surface area contributed by atoms with Gasteiger partial charge in [-0.1, -0.05) is 30.3 Å². The summed E-state index contributed by atoms with van der Waals surface area (Å²) in [6.45, 7) is 0.862. The van der Waals surface area contributed by atoms with Crippen molar-refractivity contribution in [3.05, 3.63) is 60.2 Å². The van der Waals surface area contributed by atoms with E-state index < -0.39 is 47.8 Å². The van der Waals surface area contributed by atoms with Crippen LogP contribution in [-0.4, -0.2) is 57.8 Å². The normalized spacial score (nSPS) is 13.3. The van der Waals surface area contributed by atoms with E-state index in [2.05, 4.69) is 15.7 Å².